The summed E-state index contributed by atoms with van der Waals surface area (Å²) in [5.41, 5.74) is 1.23. The van der Waals surface area contributed by atoms with Crippen molar-refractivity contribution in [3.05, 3.63) is 28.2 Å². The average Bonchev–Trinajstić information content (AvgIpc) is 3.26. The first-order valence-corrected chi connectivity index (χ1v) is 8.28. The zero-order valence-electron chi connectivity index (χ0n) is 12.6. The molecule has 1 fully saturated rings. The highest BCUT2D eigenvalue weighted by Gasteiger charge is 2.20. The van der Waals surface area contributed by atoms with Crippen molar-refractivity contribution in [2.45, 2.75) is 51.5 Å². The number of nitrogens with one attached hydrogen (secondary N) is 1. The van der Waals surface area contributed by atoms with Crippen LogP contribution in [0.25, 0.3) is 0 Å². The molecule has 1 atom stereocenters. The Morgan fingerprint density at radius 2 is 2.10 bits per heavy atom. The molecule has 1 unspecified atom stereocenters. The zero-order chi connectivity index (χ0) is 15.2. The van der Waals surface area contributed by atoms with Crippen molar-refractivity contribution < 1.29 is 14.6 Å². The van der Waals surface area contributed by atoms with Crippen LogP contribution in [0.15, 0.2) is 22.7 Å². The third-order valence-corrected chi connectivity index (χ3v) is 3.84. The first-order valence-electron chi connectivity index (χ1n) is 7.49. The van der Waals surface area contributed by atoms with Crippen molar-refractivity contribution in [2.24, 2.45) is 0 Å². The molecule has 0 aromatic heterocycles. The number of halogens is 1. The van der Waals surface area contributed by atoms with E-state index in [1.807, 2.05) is 26.0 Å². The van der Waals surface area contributed by atoms with E-state index in [0.717, 1.165) is 16.8 Å². The number of rotatable bonds is 9. The van der Waals surface area contributed by atoms with Crippen LogP contribution in [0, 0.1) is 0 Å². The molecule has 21 heavy (non-hydrogen) atoms. The summed E-state index contributed by atoms with van der Waals surface area (Å²) >= 11 is 3.52. The molecule has 1 aliphatic carbocycles. The van der Waals surface area contributed by atoms with Crippen LogP contribution >= 0.6 is 15.9 Å². The van der Waals surface area contributed by atoms with E-state index in [9.17, 15) is 5.11 Å². The van der Waals surface area contributed by atoms with Crippen LogP contribution in [0.1, 0.15) is 32.3 Å². The number of ether oxygens (including phenoxy) is 2. The molecule has 0 aliphatic heterocycles. The molecule has 0 bridgehead atoms. The first kappa shape index (κ1) is 16.7. The maximum Gasteiger partial charge on any atom is 0.133 e. The van der Waals surface area contributed by atoms with Gasteiger partial charge in [-0.15, -0.1) is 0 Å². The minimum absolute atomic E-state index is 0.115. The molecule has 5 heteroatoms. The SMILES string of the molecule is CC(C)OCC(O)COc1ccc(CNC2CC2)cc1Br. The van der Waals surface area contributed by atoms with E-state index >= 15 is 0 Å². The van der Waals surface area contributed by atoms with E-state index in [-0.39, 0.29) is 12.7 Å². The smallest absolute Gasteiger partial charge is 0.133 e. The van der Waals surface area contributed by atoms with E-state index in [0.29, 0.717) is 12.6 Å². The molecular weight excluding hydrogens is 334 g/mol. The standard InChI is InChI=1S/C16H24BrNO3/c1-11(2)20-9-14(19)10-21-16-6-3-12(7-15(16)17)8-18-13-4-5-13/h3,6-7,11,13-14,18-19H,4-5,8-10H2,1-2H3. The van der Waals surface area contributed by atoms with Gasteiger partial charge in [-0.3, -0.25) is 0 Å². The van der Waals surface area contributed by atoms with Gasteiger partial charge in [0.25, 0.3) is 0 Å². The molecule has 1 aliphatic rings. The predicted molar refractivity (Wildman–Crippen MR) is 86.6 cm³/mol. The van der Waals surface area contributed by atoms with Crippen molar-refractivity contribution >= 4 is 15.9 Å². The second-order valence-corrected chi connectivity index (χ2v) is 6.62. The second-order valence-electron chi connectivity index (χ2n) is 5.77. The monoisotopic (exact) mass is 357 g/mol. The fourth-order valence-electron chi connectivity index (χ4n) is 1.86. The van der Waals surface area contributed by atoms with Crippen LogP contribution in [0.2, 0.25) is 0 Å². The predicted octanol–water partition coefficient (Wildman–Crippen LogP) is 2.87. The van der Waals surface area contributed by atoms with Gasteiger partial charge in [-0.05, 0) is 60.3 Å². The lowest BCUT2D eigenvalue weighted by atomic mass is 10.2. The lowest BCUT2D eigenvalue weighted by molar-refractivity contribution is -0.0123. The average molecular weight is 358 g/mol. The summed E-state index contributed by atoms with van der Waals surface area (Å²) in [5.74, 6) is 0.744. The summed E-state index contributed by atoms with van der Waals surface area (Å²) in [7, 11) is 0. The van der Waals surface area contributed by atoms with Gasteiger partial charge in [0, 0.05) is 12.6 Å². The summed E-state index contributed by atoms with van der Waals surface area (Å²) < 4.78 is 11.9. The highest BCUT2D eigenvalue weighted by molar-refractivity contribution is 9.10. The fourth-order valence-corrected chi connectivity index (χ4v) is 2.40. The summed E-state index contributed by atoms with van der Waals surface area (Å²) in [4.78, 5) is 0. The Kier molecular flexibility index (Phi) is 6.48. The minimum Gasteiger partial charge on any atom is -0.490 e. The van der Waals surface area contributed by atoms with Crippen molar-refractivity contribution in [2.75, 3.05) is 13.2 Å². The topological polar surface area (TPSA) is 50.7 Å². The Labute approximate surface area is 135 Å². The zero-order valence-corrected chi connectivity index (χ0v) is 14.2. The number of hydrogen-bond acceptors (Lipinski definition) is 4. The van der Waals surface area contributed by atoms with E-state index in [1.54, 1.807) is 0 Å². The third-order valence-electron chi connectivity index (χ3n) is 3.22. The molecule has 0 saturated heterocycles. The van der Waals surface area contributed by atoms with E-state index in [1.165, 1.54) is 18.4 Å². The van der Waals surface area contributed by atoms with Gasteiger partial charge in [0.1, 0.15) is 18.5 Å². The van der Waals surface area contributed by atoms with Gasteiger partial charge in [0.05, 0.1) is 17.2 Å². The molecule has 1 aromatic carbocycles. The molecule has 0 amide bonds. The molecule has 1 aromatic rings. The Bertz CT molecular complexity index is 449. The molecule has 1 saturated carbocycles. The number of aliphatic hydroxyl groups is 1. The van der Waals surface area contributed by atoms with Crippen LogP contribution in [0.4, 0.5) is 0 Å². The Morgan fingerprint density at radius 1 is 1.33 bits per heavy atom. The fraction of sp³-hybridized carbons (Fsp3) is 0.625. The maximum atomic E-state index is 9.78. The number of aliphatic hydroxyl groups excluding tert-OH is 1. The Morgan fingerprint density at radius 3 is 2.71 bits per heavy atom. The molecule has 2 N–H and O–H groups in total. The molecule has 0 heterocycles. The van der Waals surface area contributed by atoms with Gasteiger partial charge in [-0.1, -0.05) is 6.07 Å². The van der Waals surface area contributed by atoms with E-state index < -0.39 is 6.10 Å². The van der Waals surface area contributed by atoms with Gasteiger partial charge >= 0.3 is 0 Å². The molecule has 0 radical (unpaired) electrons. The van der Waals surface area contributed by atoms with Gasteiger partial charge in [-0.2, -0.15) is 0 Å². The lowest BCUT2D eigenvalue weighted by Crippen LogP contribution is -2.25. The number of benzene rings is 1. The van der Waals surface area contributed by atoms with Crippen molar-refractivity contribution in [1.82, 2.24) is 5.32 Å². The highest BCUT2D eigenvalue weighted by Crippen LogP contribution is 2.27. The third kappa shape index (κ3) is 6.34. The van der Waals surface area contributed by atoms with Crippen molar-refractivity contribution in [3.63, 3.8) is 0 Å². The van der Waals surface area contributed by atoms with Crippen LogP contribution in [0.5, 0.6) is 5.75 Å². The van der Waals surface area contributed by atoms with Crippen LogP contribution < -0.4 is 10.1 Å². The van der Waals surface area contributed by atoms with E-state index in [2.05, 4.69) is 27.3 Å². The molecular formula is C16H24BrNO3. The molecule has 4 nitrogen and oxygen atoms in total. The van der Waals surface area contributed by atoms with E-state index in [4.69, 9.17) is 9.47 Å². The van der Waals surface area contributed by atoms with Gasteiger partial charge in [-0.25, -0.2) is 0 Å². The number of hydrogen-bond donors (Lipinski definition) is 2. The van der Waals surface area contributed by atoms with Crippen LogP contribution in [0.3, 0.4) is 0 Å². The van der Waals surface area contributed by atoms with Crippen LogP contribution in [-0.4, -0.2) is 36.6 Å². The molecule has 0 spiro atoms. The summed E-state index contributed by atoms with van der Waals surface area (Å²) in [6.07, 6.45) is 2.08. The molecule has 118 valence electrons. The normalized spacial score (nSPS) is 16.2. The molecule has 2 rings (SSSR count). The lowest BCUT2D eigenvalue weighted by Gasteiger charge is -2.15. The van der Waals surface area contributed by atoms with Crippen molar-refractivity contribution in [1.29, 1.82) is 0 Å². The summed E-state index contributed by atoms with van der Waals surface area (Å²) in [6.45, 7) is 5.29. The highest BCUT2D eigenvalue weighted by atomic mass is 79.9. The van der Waals surface area contributed by atoms with Crippen molar-refractivity contribution in [3.8, 4) is 5.75 Å². The van der Waals surface area contributed by atoms with Gasteiger partial charge in [0.2, 0.25) is 0 Å². The Balaban J connectivity index is 1.76. The summed E-state index contributed by atoms with van der Waals surface area (Å²) in [5, 5.41) is 13.3. The van der Waals surface area contributed by atoms with Crippen LogP contribution in [-0.2, 0) is 11.3 Å². The summed E-state index contributed by atoms with van der Waals surface area (Å²) in [6, 6.07) is 6.74. The Hall–Kier alpha value is -0.620. The van der Waals surface area contributed by atoms with Gasteiger partial charge in [0.15, 0.2) is 0 Å². The first-order chi connectivity index (χ1) is 10.0. The largest absolute Gasteiger partial charge is 0.490 e. The van der Waals surface area contributed by atoms with Gasteiger partial charge < -0.3 is 19.9 Å². The second kappa shape index (κ2) is 8.13. The maximum absolute atomic E-state index is 9.78. The quantitative estimate of drug-likeness (QED) is 0.713. The minimum atomic E-state index is -0.615.